The average Bonchev–Trinajstić information content (AvgIpc) is 3.16. The summed E-state index contributed by atoms with van der Waals surface area (Å²) in [6.07, 6.45) is 1.31. The van der Waals surface area contributed by atoms with Crippen LogP contribution in [0.2, 0.25) is 0 Å². The molecule has 0 saturated heterocycles. The Kier molecular flexibility index (Phi) is 5.51. The summed E-state index contributed by atoms with van der Waals surface area (Å²) in [6.45, 7) is 0. The van der Waals surface area contributed by atoms with Gasteiger partial charge in [0.1, 0.15) is 5.76 Å². The fourth-order valence-corrected chi connectivity index (χ4v) is 3.71. The summed E-state index contributed by atoms with van der Waals surface area (Å²) < 4.78 is 1.81. The normalized spacial score (nSPS) is 12.3. The second-order valence-corrected chi connectivity index (χ2v) is 7.12. The van der Waals surface area contributed by atoms with E-state index in [1.807, 2.05) is 84.4 Å². The van der Waals surface area contributed by atoms with Crippen molar-refractivity contribution in [1.82, 2.24) is 4.57 Å². The molecule has 31 heavy (non-hydrogen) atoms. The Balaban J connectivity index is 1.99. The van der Waals surface area contributed by atoms with Gasteiger partial charge in [0.2, 0.25) is 5.78 Å². The number of ketones is 1. The van der Waals surface area contributed by atoms with E-state index in [0.717, 1.165) is 10.9 Å². The topological polar surface area (TPSA) is 66.0 Å². The van der Waals surface area contributed by atoms with Gasteiger partial charge in [-0.05, 0) is 17.7 Å². The van der Waals surface area contributed by atoms with Gasteiger partial charge >= 0.3 is 0 Å². The van der Waals surface area contributed by atoms with Crippen LogP contribution in [0.4, 0.5) is 0 Å². The average molecular weight is 404 g/mol. The van der Waals surface area contributed by atoms with Crippen molar-refractivity contribution in [3.8, 4) is 6.07 Å². The maximum absolute atomic E-state index is 13.9. The number of rotatable bonds is 5. The van der Waals surface area contributed by atoms with Gasteiger partial charge < -0.3 is 9.67 Å². The molecule has 0 aliphatic carbocycles. The third-order valence-corrected chi connectivity index (χ3v) is 5.26. The molecule has 150 valence electrons. The number of fused-ring (bicyclic) bond motifs is 1. The number of benzene rings is 3. The van der Waals surface area contributed by atoms with E-state index in [1.54, 1.807) is 24.3 Å². The highest BCUT2D eigenvalue weighted by Crippen LogP contribution is 2.33. The molecule has 0 bridgehead atoms. The zero-order valence-corrected chi connectivity index (χ0v) is 17.0. The van der Waals surface area contributed by atoms with Gasteiger partial charge in [0.15, 0.2) is 0 Å². The molecular weight excluding hydrogens is 384 g/mol. The summed E-state index contributed by atoms with van der Waals surface area (Å²) in [5.74, 6) is -0.522. The molecule has 1 heterocycles. The highest BCUT2D eigenvalue weighted by molar-refractivity contribution is 6.23. The van der Waals surface area contributed by atoms with Crippen molar-refractivity contribution in [2.75, 3.05) is 0 Å². The molecule has 3 aromatic carbocycles. The highest BCUT2D eigenvalue weighted by Gasteiger charge is 2.26. The monoisotopic (exact) mass is 404 g/mol. The van der Waals surface area contributed by atoms with Crippen molar-refractivity contribution < 1.29 is 9.90 Å². The maximum atomic E-state index is 13.9. The molecule has 0 unspecified atom stereocenters. The van der Waals surface area contributed by atoms with Gasteiger partial charge in [-0.15, -0.1) is 0 Å². The van der Waals surface area contributed by atoms with Crippen LogP contribution in [0.3, 0.4) is 0 Å². The summed E-state index contributed by atoms with van der Waals surface area (Å²) in [5, 5.41) is 21.6. The molecule has 0 atom stereocenters. The molecule has 1 aromatic heterocycles. The molecule has 0 fully saturated rings. The Bertz CT molecular complexity index is 1350. The molecule has 0 aliphatic heterocycles. The maximum Gasteiger partial charge on any atom is 0.213 e. The number of aliphatic hydroxyl groups is 1. The number of para-hydroxylation sites is 1. The number of aliphatic hydroxyl groups excluding tert-OH is 1. The number of allylic oxidation sites excluding steroid dienone is 3. The van der Waals surface area contributed by atoms with E-state index in [2.05, 4.69) is 0 Å². The number of carbonyl (C=O) groups excluding carboxylic acids is 1. The Morgan fingerprint density at radius 3 is 2.10 bits per heavy atom. The lowest BCUT2D eigenvalue weighted by atomic mass is 9.90. The molecule has 0 aliphatic rings. The van der Waals surface area contributed by atoms with E-state index < -0.39 is 0 Å². The summed E-state index contributed by atoms with van der Waals surface area (Å²) in [6, 6.07) is 29.6. The first-order valence-corrected chi connectivity index (χ1v) is 9.85. The number of carbonyl (C=O) groups is 1. The molecule has 1 N–H and O–H groups in total. The van der Waals surface area contributed by atoms with E-state index in [4.69, 9.17) is 0 Å². The van der Waals surface area contributed by atoms with Gasteiger partial charge in [0.25, 0.3) is 0 Å². The van der Waals surface area contributed by atoms with Crippen LogP contribution in [0.25, 0.3) is 22.2 Å². The predicted octanol–water partition coefficient (Wildman–Crippen LogP) is 5.94. The van der Waals surface area contributed by atoms with Crippen LogP contribution in [0.15, 0.2) is 103 Å². The predicted molar refractivity (Wildman–Crippen MR) is 123 cm³/mol. The van der Waals surface area contributed by atoms with E-state index in [1.165, 1.54) is 6.08 Å². The standard InChI is InChI=1S/C27H20N2O2/c1-29-23-15-9-8-14-21(23)18-24(29)27(31)25(26(30)20-12-6-3-7-13-20)22(16-17-28)19-10-4-2-5-11-19/h2-16,18,30H,1H3/b22-16-,26-25-. The number of nitriles is 1. The van der Waals surface area contributed by atoms with Crippen LogP contribution in [-0.4, -0.2) is 15.5 Å². The molecule has 4 aromatic rings. The van der Waals surface area contributed by atoms with Crippen molar-refractivity contribution in [3.05, 3.63) is 119 Å². The van der Waals surface area contributed by atoms with Crippen LogP contribution >= 0.6 is 0 Å². The van der Waals surface area contributed by atoms with Crippen LogP contribution < -0.4 is 0 Å². The molecule has 0 saturated carbocycles. The Hall–Kier alpha value is -4.36. The summed E-state index contributed by atoms with van der Waals surface area (Å²) in [5.41, 5.74) is 2.98. The first kappa shape index (κ1) is 19.9. The third-order valence-electron chi connectivity index (χ3n) is 5.26. The summed E-state index contributed by atoms with van der Waals surface area (Å²) >= 11 is 0. The molecule has 0 radical (unpaired) electrons. The van der Waals surface area contributed by atoms with Crippen LogP contribution in [0.5, 0.6) is 0 Å². The van der Waals surface area contributed by atoms with E-state index in [0.29, 0.717) is 22.4 Å². The molecule has 4 heteroatoms. The summed E-state index contributed by atoms with van der Waals surface area (Å²) in [4.78, 5) is 13.9. The Morgan fingerprint density at radius 1 is 0.903 bits per heavy atom. The summed E-state index contributed by atoms with van der Waals surface area (Å²) in [7, 11) is 1.82. The fourth-order valence-electron chi connectivity index (χ4n) is 3.71. The van der Waals surface area contributed by atoms with Crippen molar-refractivity contribution >= 4 is 28.0 Å². The quantitative estimate of drug-likeness (QED) is 0.147. The minimum absolute atomic E-state index is 0.0878. The number of Topliss-reactive ketones (excluding diaryl/α,β-unsaturated/α-hetero) is 1. The van der Waals surface area contributed by atoms with Crippen LogP contribution in [0.1, 0.15) is 21.6 Å². The van der Waals surface area contributed by atoms with Gasteiger partial charge in [-0.2, -0.15) is 5.26 Å². The minimum atomic E-state index is -0.356. The number of nitrogens with zero attached hydrogens (tertiary/aromatic N) is 2. The second kappa shape index (κ2) is 8.56. The molecule has 0 spiro atoms. The van der Waals surface area contributed by atoms with Gasteiger partial charge in [-0.1, -0.05) is 78.9 Å². The van der Waals surface area contributed by atoms with Gasteiger partial charge in [0.05, 0.1) is 17.3 Å². The lowest BCUT2D eigenvalue weighted by molar-refractivity contribution is 0.103. The van der Waals surface area contributed by atoms with Crippen LogP contribution in [0, 0.1) is 11.3 Å². The van der Waals surface area contributed by atoms with E-state index in [9.17, 15) is 15.2 Å². The van der Waals surface area contributed by atoms with E-state index >= 15 is 0 Å². The van der Waals surface area contributed by atoms with Crippen molar-refractivity contribution in [2.45, 2.75) is 0 Å². The van der Waals surface area contributed by atoms with Gasteiger partial charge in [0, 0.05) is 35.2 Å². The van der Waals surface area contributed by atoms with Gasteiger partial charge in [-0.25, -0.2) is 0 Å². The van der Waals surface area contributed by atoms with Crippen LogP contribution in [-0.2, 0) is 7.05 Å². The zero-order valence-electron chi connectivity index (χ0n) is 17.0. The lowest BCUT2D eigenvalue weighted by Crippen LogP contribution is -2.12. The SMILES string of the molecule is Cn1c(C(=O)C(/C(=C\C#N)c2ccccc2)=C(\O)c2ccccc2)cc2ccccc21. The number of hydrogen-bond donors (Lipinski definition) is 1. The Labute approximate surface area is 180 Å². The molecule has 4 nitrogen and oxygen atoms in total. The van der Waals surface area contributed by atoms with Crippen molar-refractivity contribution in [1.29, 1.82) is 5.26 Å². The molecule has 4 rings (SSSR count). The minimum Gasteiger partial charge on any atom is -0.507 e. The number of aromatic nitrogens is 1. The van der Waals surface area contributed by atoms with Crippen molar-refractivity contribution in [2.24, 2.45) is 7.05 Å². The molecule has 0 amide bonds. The highest BCUT2D eigenvalue weighted by atomic mass is 16.3. The first-order valence-electron chi connectivity index (χ1n) is 9.85. The largest absolute Gasteiger partial charge is 0.507 e. The fraction of sp³-hybridized carbons (Fsp3) is 0.0370. The third kappa shape index (κ3) is 3.77. The zero-order chi connectivity index (χ0) is 21.8. The van der Waals surface area contributed by atoms with Crippen molar-refractivity contribution in [3.63, 3.8) is 0 Å². The molecular formula is C27H20N2O2. The Morgan fingerprint density at radius 2 is 1.48 bits per heavy atom. The van der Waals surface area contributed by atoms with E-state index in [-0.39, 0.29) is 17.1 Å². The number of aryl methyl sites for hydroxylation is 1. The number of hydrogen-bond acceptors (Lipinski definition) is 3. The lowest BCUT2D eigenvalue weighted by Gasteiger charge is -2.15. The van der Waals surface area contributed by atoms with Gasteiger partial charge in [-0.3, -0.25) is 4.79 Å². The smallest absolute Gasteiger partial charge is 0.213 e. The first-order chi connectivity index (χ1) is 15.1. The second-order valence-electron chi connectivity index (χ2n) is 7.12.